The molecule has 1 aliphatic heterocycles. The van der Waals surface area contributed by atoms with Crippen molar-refractivity contribution in [1.29, 1.82) is 0 Å². The Morgan fingerprint density at radius 3 is 2.42 bits per heavy atom. The standard InChI is InChI=1S/C23H24N4O3S3/c1-13-10-14(2)12-27(11-13)33(29,30)17-6-4-16(5-7-17)22(28)26-23-25-18-8-9-19-20(21(18)32-23)24-15(3)31-19/h4-9,13-14H,10-12H2,1-3H3,(H,25,26,28)/t13-,14+. The fourth-order valence-electron chi connectivity index (χ4n) is 4.44. The summed E-state index contributed by atoms with van der Waals surface area (Å²) in [5.41, 5.74) is 2.08. The van der Waals surface area contributed by atoms with E-state index in [1.165, 1.54) is 23.5 Å². The van der Waals surface area contributed by atoms with Crippen LogP contribution in [0.25, 0.3) is 20.4 Å². The van der Waals surface area contributed by atoms with Crippen LogP contribution in [0.2, 0.25) is 0 Å². The van der Waals surface area contributed by atoms with Gasteiger partial charge in [0.25, 0.3) is 5.91 Å². The van der Waals surface area contributed by atoms with Gasteiger partial charge in [0.15, 0.2) is 5.13 Å². The van der Waals surface area contributed by atoms with Crippen LogP contribution >= 0.6 is 22.7 Å². The molecule has 0 unspecified atom stereocenters. The van der Waals surface area contributed by atoms with Gasteiger partial charge in [-0.15, -0.1) is 11.3 Å². The lowest BCUT2D eigenvalue weighted by Gasteiger charge is -2.34. The fraction of sp³-hybridized carbons (Fsp3) is 0.348. The average molecular weight is 501 g/mol. The Balaban J connectivity index is 1.35. The van der Waals surface area contributed by atoms with Gasteiger partial charge in [0.05, 0.1) is 24.8 Å². The number of nitrogens with one attached hydrogen (secondary N) is 1. The number of nitrogens with zero attached hydrogens (tertiary/aromatic N) is 3. The fourth-order valence-corrected chi connectivity index (χ4v) is 7.97. The van der Waals surface area contributed by atoms with Crippen molar-refractivity contribution in [2.45, 2.75) is 32.1 Å². The quantitative estimate of drug-likeness (QED) is 0.419. The highest BCUT2D eigenvalue weighted by Crippen LogP contribution is 2.35. The molecule has 2 atom stereocenters. The summed E-state index contributed by atoms with van der Waals surface area (Å²) in [6, 6.07) is 10.0. The van der Waals surface area contributed by atoms with Gasteiger partial charge in [-0.2, -0.15) is 4.31 Å². The Morgan fingerprint density at radius 1 is 1.03 bits per heavy atom. The predicted octanol–water partition coefficient (Wildman–Crippen LogP) is 5.13. The number of benzene rings is 2. The Labute approximate surface area is 200 Å². The van der Waals surface area contributed by atoms with E-state index in [1.807, 2.05) is 19.1 Å². The van der Waals surface area contributed by atoms with Crippen molar-refractivity contribution in [1.82, 2.24) is 14.3 Å². The third kappa shape index (κ3) is 4.28. The molecule has 172 valence electrons. The van der Waals surface area contributed by atoms with E-state index in [2.05, 4.69) is 29.1 Å². The van der Waals surface area contributed by atoms with Gasteiger partial charge in [-0.1, -0.05) is 25.2 Å². The van der Waals surface area contributed by atoms with Gasteiger partial charge >= 0.3 is 0 Å². The molecular formula is C23H24N4O3S3. The first-order valence-corrected chi connectivity index (χ1v) is 13.9. The summed E-state index contributed by atoms with van der Waals surface area (Å²) in [6.45, 7) is 7.18. The molecule has 0 aliphatic carbocycles. The first-order chi connectivity index (χ1) is 15.7. The molecule has 33 heavy (non-hydrogen) atoms. The summed E-state index contributed by atoms with van der Waals surface area (Å²) in [5.74, 6) is 0.331. The number of fused-ring (bicyclic) bond motifs is 3. The van der Waals surface area contributed by atoms with Crippen LogP contribution in [0.1, 0.15) is 35.6 Å². The van der Waals surface area contributed by atoms with Gasteiger partial charge in [-0.05, 0) is 61.6 Å². The molecule has 1 N–H and O–H groups in total. The molecule has 1 saturated heterocycles. The zero-order valence-electron chi connectivity index (χ0n) is 18.5. The topological polar surface area (TPSA) is 92.3 Å². The average Bonchev–Trinajstić information content (AvgIpc) is 3.35. The van der Waals surface area contributed by atoms with Crippen molar-refractivity contribution in [3.05, 3.63) is 47.0 Å². The molecule has 0 radical (unpaired) electrons. The largest absolute Gasteiger partial charge is 0.298 e. The molecule has 2 aromatic carbocycles. The van der Waals surface area contributed by atoms with E-state index in [0.29, 0.717) is 35.6 Å². The van der Waals surface area contributed by atoms with Gasteiger partial charge in [-0.3, -0.25) is 10.1 Å². The van der Waals surface area contributed by atoms with Crippen LogP contribution < -0.4 is 5.32 Å². The number of aryl methyl sites for hydroxylation is 1. The van der Waals surface area contributed by atoms with Crippen LogP contribution in [0.15, 0.2) is 41.3 Å². The molecule has 1 aliphatic rings. The highest BCUT2D eigenvalue weighted by molar-refractivity contribution is 7.89. The van der Waals surface area contributed by atoms with E-state index >= 15 is 0 Å². The molecule has 1 fully saturated rings. The Morgan fingerprint density at radius 2 is 1.73 bits per heavy atom. The van der Waals surface area contributed by atoms with Gasteiger partial charge in [0.1, 0.15) is 5.52 Å². The number of anilines is 1. The summed E-state index contributed by atoms with van der Waals surface area (Å²) < 4.78 is 29.7. The van der Waals surface area contributed by atoms with Crippen LogP contribution in [0.3, 0.4) is 0 Å². The van der Waals surface area contributed by atoms with Gasteiger partial charge < -0.3 is 0 Å². The summed E-state index contributed by atoms with van der Waals surface area (Å²) in [4.78, 5) is 22.1. The summed E-state index contributed by atoms with van der Waals surface area (Å²) in [7, 11) is -3.58. The maximum absolute atomic E-state index is 13.1. The van der Waals surface area contributed by atoms with Crippen LogP contribution in [0, 0.1) is 18.8 Å². The van der Waals surface area contributed by atoms with Crippen LogP contribution in [-0.2, 0) is 10.0 Å². The lowest BCUT2D eigenvalue weighted by Crippen LogP contribution is -2.42. The van der Waals surface area contributed by atoms with Gasteiger partial charge in [-0.25, -0.2) is 18.4 Å². The van der Waals surface area contributed by atoms with Crippen molar-refractivity contribution in [3.63, 3.8) is 0 Å². The summed E-state index contributed by atoms with van der Waals surface area (Å²) in [5, 5.41) is 4.31. The number of hydrogen-bond acceptors (Lipinski definition) is 7. The normalized spacial score (nSPS) is 19.8. The van der Waals surface area contributed by atoms with Crippen LogP contribution in [0.4, 0.5) is 5.13 Å². The number of aromatic nitrogens is 2. The first-order valence-electron chi connectivity index (χ1n) is 10.8. The number of hydrogen-bond donors (Lipinski definition) is 1. The maximum atomic E-state index is 13.1. The molecule has 0 saturated carbocycles. The van der Waals surface area contributed by atoms with Gasteiger partial charge in [0, 0.05) is 18.7 Å². The second-order valence-electron chi connectivity index (χ2n) is 8.76. The van der Waals surface area contributed by atoms with E-state index < -0.39 is 10.0 Å². The second kappa shape index (κ2) is 8.43. The molecule has 4 aromatic rings. The second-order valence-corrected chi connectivity index (χ2v) is 12.9. The Hall–Kier alpha value is -2.40. The zero-order valence-corrected chi connectivity index (χ0v) is 21.0. The molecule has 2 aromatic heterocycles. The molecule has 5 rings (SSSR count). The zero-order chi connectivity index (χ0) is 23.3. The van der Waals surface area contributed by atoms with Crippen molar-refractivity contribution < 1.29 is 13.2 Å². The Kier molecular flexibility index (Phi) is 5.72. The molecule has 0 spiro atoms. The van der Waals surface area contributed by atoms with Crippen LogP contribution in [-0.4, -0.2) is 41.7 Å². The summed E-state index contributed by atoms with van der Waals surface area (Å²) >= 11 is 3.02. The van der Waals surface area contributed by atoms with E-state index in [9.17, 15) is 13.2 Å². The molecule has 3 heterocycles. The molecule has 1 amide bonds. The highest BCUT2D eigenvalue weighted by atomic mass is 32.2. The van der Waals surface area contributed by atoms with Crippen molar-refractivity contribution >= 4 is 64.2 Å². The molecule has 7 nitrogen and oxygen atoms in total. The SMILES string of the molecule is Cc1nc2c(ccc3nc(NC(=O)c4ccc(S(=O)(=O)N5C[C@H](C)C[C@H](C)C5)cc4)sc32)s1. The predicted molar refractivity (Wildman–Crippen MR) is 134 cm³/mol. The van der Waals surface area contributed by atoms with Gasteiger partial charge in [0.2, 0.25) is 10.0 Å². The third-order valence-corrected chi connectivity index (χ3v) is 9.61. The highest BCUT2D eigenvalue weighted by Gasteiger charge is 2.31. The van der Waals surface area contributed by atoms with Crippen molar-refractivity contribution in [3.8, 4) is 0 Å². The number of sulfonamides is 1. The van der Waals surface area contributed by atoms with Crippen LogP contribution in [0.5, 0.6) is 0 Å². The minimum atomic E-state index is -3.58. The number of piperidine rings is 1. The van der Waals surface area contributed by atoms with Crippen molar-refractivity contribution in [2.75, 3.05) is 18.4 Å². The number of thiazole rings is 2. The molecule has 10 heteroatoms. The van der Waals surface area contributed by atoms with E-state index in [-0.39, 0.29) is 10.8 Å². The smallest absolute Gasteiger partial charge is 0.257 e. The van der Waals surface area contributed by atoms with E-state index in [1.54, 1.807) is 27.8 Å². The van der Waals surface area contributed by atoms with E-state index in [0.717, 1.165) is 31.9 Å². The number of carbonyl (C=O) groups excluding carboxylic acids is 1. The minimum absolute atomic E-state index is 0.210. The monoisotopic (exact) mass is 500 g/mol. The number of amides is 1. The van der Waals surface area contributed by atoms with Crippen molar-refractivity contribution in [2.24, 2.45) is 11.8 Å². The number of rotatable bonds is 4. The third-order valence-electron chi connectivity index (χ3n) is 5.83. The molecular weight excluding hydrogens is 476 g/mol. The lowest BCUT2D eigenvalue weighted by molar-refractivity contribution is 0.102. The molecule has 0 bridgehead atoms. The lowest BCUT2D eigenvalue weighted by atomic mass is 9.94. The van der Waals surface area contributed by atoms with E-state index in [4.69, 9.17) is 0 Å². The maximum Gasteiger partial charge on any atom is 0.257 e. The first kappa shape index (κ1) is 22.4. The number of carbonyl (C=O) groups is 1. The minimum Gasteiger partial charge on any atom is -0.298 e. The summed E-state index contributed by atoms with van der Waals surface area (Å²) in [6.07, 6.45) is 1.03. The Bertz CT molecular complexity index is 1450.